The molecule has 0 saturated heterocycles. The molecule has 0 spiro atoms. The minimum Gasteiger partial charge on any atom is -0.494 e. The molecule has 0 heterocycles. The zero-order chi connectivity index (χ0) is 13.2. The second-order valence-electron chi connectivity index (χ2n) is 3.76. The summed E-state index contributed by atoms with van der Waals surface area (Å²) in [6, 6.07) is 7.03. The highest BCUT2D eigenvalue weighted by Gasteiger charge is 2.04. The molecule has 0 radical (unpaired) electrons. The zero-order valence-electron chi connectivity index (χ0n) is 11.1. The molecule has 0 aliphatic carbocycles. The molecule has 19 heavy (non-hydrogen) atoms. The lowest BCUT2D eigenvalue weighted by atomic mass is 10.2. The number of halogens is 1. The Labute approximate surface area is 119 Å². The van der Waals surface area contributed by atoms with Crippen molar-refractivity contribution in [1.82, 2.24) is 5.32 Å². The summed E-state index contributed by atoms with van der Waals surface area (Å²) in [5.74, 6) is 0.632. The van der Waals surface area contributed by atoms with Crippen molar-refractivity contribution < 1.29 is 14.3 Å². The molecule has 6 heteroatoms. The average Bonchev–Trinajstić information content (AvgIpc) is 2.41. The Morgan fingerprint density at radius 3 is 2.53 bits per heavy atom. The van der Waals surface area contributed by atoms with Gasteiger partial charge in [0.15, 0.2) is 0 Å². The Balaban J connectivity index is 0.00000324. The molecule has 108 valence electrons. The van der Waals surface area contributed by atoms with E-state index in [1.807, 2.05) is 0 Å². The predicted molar refractivity (Wildman–Crippen MR) is 77.1 cm³/mol. The first kappa shape index (κ1) is 17.7. The van der Waals surface area contributed by atoms with Gasteiger partial charge in [0.05, 0.1) is 6.61 Å². The number of carbonyl (C=O) groups is 1. The molecule has 3 N–H and O–H groups in total. The molecule has 1 aromatic rings. The standard InChI is InChI=1S/C13H20N2O3.ClH/c1-17-9-2-10-18-12-5-3-11(4-6-12)13(16)15-8-7-14;/h3-6H,2,7-10,14H2,1H3,(H,15,16);1H. The van der Waals surface area contributed by atoms with Crippen molar-refractivity contribution in [3.05, 3.63) is 29.8 Å². The molecule has 0 bridgehead atoms. The fourth-order valence-corrected chi connectivity index (χ4v) is 1.38. The van der Waals surface area contributed by atoms with Crippen LogP contribution in [0.15, 0.2) is 24.3 Å². The van der Waals surface area contributed by atoms with Gasteiger partial charge in [-0.2, -0.15) is 0 Å². The van der Waals surface area contributed by atoms with Gasteiger partial charge in [0, 0.05) is 38.8 Å². The normalized spacial score (nSPS) is 9.58. The maximum Gasteiger partial charge on any atom is 0.251 e. The van der Waals surface area contributed by atoms with Gasteiger partial charge in [-0.15, -0.1) is 12.4 Å². The van der Waals surface area contributed by atoms with E-state index in [-0.39, 0.29) is 18.3 Å². The van der Waals surface area contributed by atoms with Crippen molar-refractivity contribution in [3.8, 4) is 5.75 Å². The van der Waals surface area contributed by atoms with Crippen molar-refractivity contribution in [2.24, 2.45) is 5.73 Å². The number of hydrogen-bond acceptors (Lipinski definition) is 4. The second kappa shape index (κ2) is 10.6. The summed E-state index contributed by atoms with van der Waals surface area (Å²) < 4.78 is 10.4. The lowest BCUT2D eigenvalue weighted by Gasteiger charge is -2.07. The smallest absolute Gasteiger partial charge is 0.251 e. The summed E-state index contributed by atoms with van der Waals surface area (Å²) in [5, 5.41) is 2.71. The number of methoxy groups -OCH3 is 1. The number of ether oxygens (including phenoxy) is 2. The number of nitrogens with two attached hydrogens (primary N) is 1. The van der Waals surface area contributed by atoms with E-state index in [1.165, 1.54) is 0 Å². The summed E-state index contributed by atoms with van der Waals surface area (Å²) in [6.45, 7) is 2.20. The first-order valence-corrected chi connectivity index (χ1v) is 5.98. The summed E-state index contributed by atoms with van der Waals surface area (Å²) in [5.41, 5.74) is 5.92. The molecule has 0 saturated carbocycles. The van der Waals surface area contributed by atoms with Gasteiger partial charge in [-0.25, -0.2) is 0 Å². The van der Waals surface area contributed by atoms with Gasteiger partial charge in [-0.05, 0) is 24.3 Å². The van der Waals surface area contributed by atoms with Gasteiger partial charge in [-0.3, -0.25) is 4.79 Å². The number of amides is 1. The van der Waals surface area contributed by atoms with Crippen LogP contribution in [0, 0.1) is 0 Å². The molecule has 0 unspecified atom stereocenters. The molecule has 1 amide bonds. The van der Waals surface area contributed by atoms with Crippen LogP contribution in [0.4, 0.5) is 0 Å². The molecule has 1 aromatic carbocycles. The average molecular weight is 289 g/mol. The number of nitrogens with one attached hydrogen (secondary N) is 1. The number of benzene rings is 1. The molecule has 5 nitrogen and oxygen atoms in total. The van der Waals surface area contributed by atoms with Crippen molar-refractivity contribution in [3.63, 3.8) is 0 Å². The zero-order valence-corrected chi connectivity index (χ0v) is 11.9. The van der Waals surface area contributed by atoms with Crippen LogP contribution in [0.2, 0.25) is 0 Å². The third-order valence-corrected chi connectivity index (χ3v) is 2.31. The second-order valence-corrected chi connectivity index (χ2v) is 3.76. The van der Waals surface area contributed by atoms with Crippen LogP contribution in [0.3, 0.4) is 0 Å². The highest BCUT2D eigenvalue weighted by Crippen LogP contribution is 2.12. The molecule has 0 aromatic heterocycles. The van der Waals surface area contributed by atoms with Crippen LogP contribution in [0.5, 0.6) is 5.75 Å². The van der Waals surface area contributed by atoms with Gasteiger partial charge >= 0.3 is 0 Å². The lowest BCUT2D eigenvalue weighted by molar-refractivity contribution is 0.0954. The largest absolute Gasteiger partial charge is 0.494 e. The van der Waals surface area contributed by atoms with Crippen molar-refractivity contribution in [2.75, 3.05) is 33.4 Å². The van der Waals surface area contributed by atoms with E-state index >= 15 is 0 Å². The van der Waals surface area contributed by atoms with E-state index in [4.69, 9.17) is 15.2 Å². The topological polar surface area (TPSA) is 73.6 Å². The van der Waals surface area contributed by atoms with Crippen LogP contribution < -0.4 is 15.8 Å². The number of hydrogen-bond donors (Lipinski definition) is 2. The quantitative estimate of drug-likeness (QED) is 0.705. The lowest BCUT2D eigenvalue weighted by Crippen LogP contribution is -2.28. The molecule has 0 aliphatic heterocycles. The van der Waals surface area contributed by atoms with Crippen LogP contribution in [0.25, 0.3) is 0 Å². The third kappa shape index (κ3) is 7.00. The summed E-state index contributed by atoms with van der Waals surface area (Å²) in [7, 11) is 1.66. The summed E-state index contributed by atoms with van der Waals surface area (Å²) >= 11 is 0. The Bertz CT molecular complexity index is 357. The van der Waals surface area contributed by atoms with E-state index < -0.39 is 0 Å². The van der Waals surface area contributed by atoms with Gasteiger partial charge < -0.3 is 20.5 Å². The molecular weight excluding hydrogens is 268 g/mol. The van der Waals surface area contributed by atoms with Gasteiger partial charge in [0.1, 0.15) is 5.75 Å². The monoisotopic (exact) mass is 288 g/mol. The Morgan fingerprint density at radius 1 is 1.26 bits per heavy atom. The summed E-state index contributed by atoms with van der Waals surface area (Å²) in [6.07, 6.45) is 0.842. The molecular formula is C13H21ClN2O3. The molecule has 0 aliphatic rings. The third-order valence-electron chi connectivity index (χ3n) is 2.31. The van der Waals surface area contributed by atoms with E-state index in [0.717, 1.165) is 12.2 Å². The molecule has 1 rings (SSSR count). The molecule has 0 atom stereocenters. The van der Waals surface area contributed by atoms with Gasteiger partial charge in [-0.1, -0.05) is 0 Å². The van der Waals surface area contributed by atoms with Crippen molar-refractivity contribution in [2.45, 2.75) is 6.42 Å². The van der Waals surface area contributed by atoms with E-state index in [1.54, 1.807) is 31.4 Å². The Morgan fingerprint density at radius 2 is 1.95 bits per heavy atom. The summed E-state index contributed by atoms with van der Waals surface area (Å²) in [4.78, 5) is 11.6. The van der Waals surface area contributed by atoms with Crippen molar-refractivity contribution >= 4 is 18.3 Å². The number of rotatable bonds is 8. The van der Waals surface area contributed by atoms with Gasteiger partial charge in [0.2, 0.25) is 0 Å². The Hall–Kier alpha value is -1.30. The van der Waals surface area contributed by atoms with E-state index in [9.17, 15) is 4.79 Å². The fourth-order valence-electron chi connectivity index (χ4n) is 1.38. The predicted octanol–water partition coefficient (Wildman–Crippen LogP) is 1.21. The Kier molecular flexibility index (Phi) is 9.88. The highest BCUT2D eigenvalue weighted by atomic mass is 35.5. The van der Waals surface area contributed by atoms with Crippen LogP contribution >= 0.6 is 12.4 Å². The minimum atomic E-state index is -0.119. The first-order valence-electron chi connectivity index (χ1n) is 5.98. The van der Waals surface area contributed by atoms with Crippen LogP contribution in [-0.4, -0.2) is 39.3 Å². The minimum absolute atomic E-state index is 0. The highest BCUT2D eigenvalue weighted by molar-refractivity contribution is 5.94. The first-order chi connectivity index (χ1) is 8.77. The number of carbonyl (C=O) groups excluding carboxylic acids is 1. The van der Waals surface area contributed by atoms with Gasteiger partial charge in [0.25, 0.3) is 5.91 Å². The maximum absolute atomic E-state index is 11.6. The van der Waals surface area contributed by atoms with E-state index in [0.29, 0.717) is 31.9 Å². The van der Waals surface area contributed by atoms with Crippen LogP contribution in [-0.2, 0) is 4.74 Å². The van der Waals surface area contributed by atoms with Crippen molar-refractivity contribution in [1.29, 1.82) is 0 Å². The maximum atomic E-state index is 11.6. The molecule has 0 fully saturated rings. The van der Waals surface area contributed by atoms with E-state index in [2.05, 4.69) is 5.32 Å². The van der Waals surface area contributed by atoms with Crippen LogP contribution in [0.1, 0.15) is 16.8 Å². The fraction of sp³-hybridized carbons (Fsp3) is 0.462. The SMILES string of the molecule is COCCCOc1ccc(C(=O)NCCN)cc1.Cl.